The number of carbonyl (C=O) groups excluding carboxylic acids is 1. The molecule has 0 aliphatic rings. The topological polar surface area (TPSA) is 90.8 Å². The molecule has 23 heavy (non-hydrogen) atoms. The Hall–Kier alpha value is -2.09. The van der Waals surface area contributed by atoms with Crippen molar-refractivity contribution in [2.45, 2.75) is 18.7 Å². The number of aliphatic hydroxyl groups excluding tert-OH is 1. The molecule has 7 heteroatoms. The standard InChI is InChI=1S/C16H20N2O4S/c1-22-13-9-11(4-5-12(13)20)6-7-17-16(21)15(18-10-19)14-3-2-8-23-14/h2-5,8-10,15-17,20-21H,6-7H2,1H3,(H,18,19). The van der Waals surface area contributed by atoms with Gasteiger partial charge in [0.15, 0.2) is 11.5 Å². The number of nitrogens with one attached hydrogen (secondary N) is 2. The number of hydrogen-bond acceptors (Lipinski definition) is 6. The van der Waals surface area contributed by atoms with E-state index in [4.69, 9.17) is 4.74 Å². The summed E-state index contributed by atoms with van der Waals surface area (Å²) in [6.45, 7) is 0.511. The van der Waals surface area contributed by atoms with Crippen LogP contribution in [0, 0.1) is 0 Å². The number of phenols is 1. The third-order valence-electron chi connectivity index (χ3n) is 3.42. The van der Waals surface area contributed by atoms with Crippen LogP contribution in [-0.4, -0.2) is 36.5 Å². The SMILES string of the molecule is COc1cc(CCNC(O)C(NC=O)c2cccs2)ccc1O. The Labute approximate surface area is 138 Å². The lowest BCUT2D eigenvalue weighted by Crippen LogP contribution is -2.41. The van der Waals surface area contributed by atoms with Crippen molar-refractivity contribution in [3.05, 3.63) is 46.2 Å². The van der Waals surface area contributed by atoms with Crippen molar-refractivity contribution < 1.29 is 19.7 Å². The highest BCUT2D eigenvalue weighted by atomic mass is 32.1. The Kier molecular flexibility index (Phi) is 6.40. The van der Waals surface area contributed by atoms with Crippen molar-refractivity contribution in [2.24, 2.45) is 0 Å². The normalized spacial score (nSPS) is 13.3. The Morgan fingerprint density at radius 2 is 2.22 bits per heavy atom. The predicted octanol–water partition coefficient (Wildman–Crippen LogP) is 1.40. The van der Waals surface area contributed by atoms with Crippen LogP contribution in [0.25, 0.3) is 0 Å². The quantitative estimate of drug-likeness (QED) is 0.410. The molecule has 1 aromatic heterocycles. The van der Waals surface area contributed by atoms with Gasteiger partial charge in [-0.2, -0.15) is 0 Å². The van der Waals surface area contributed by atoms with Crippen LogP contribution in [0.5, 0.6) is 11.5 Å². The highest BCUT2D eigenvalue weighted by Gasteiger charge is 2.20. The van der Waals surface area contributed by atoms with Crippen LogP contribution >= 0.6 is 11.3 Å². The number of thiophene rings is 1. The highest BCUT2D eigenvalue weighted by Crippen LogP contribution is 2.26. The minimum atomic E-state index is -0.891. The minimum absolute atomic E-state index is 0.0946. The number of carbonyl (C=O) groups is 1. The summed E-state index contributed by atoms with van der Waals surface area (Å²) in [7, 11) is 1.50. The van der Waals surface area contributed by atoms with Crippen LogP contribution in [0.15, 0.2) is 35.7 Å². The van der Waals surface area contributed by atoms with Crippen LogP contribution in [0.2, 0.25) is 0 Å². The molecule has 1 aromatic carbocycles. The summed E-state index contributed by atoms with van der Waals surface area (Å²) in [4.78, 5) is 11.6. The number of methoxy groups -OCH3 is 1. The number of amides is 1. The van der Waals surface area contributed by atoms with Crippen LogP contribution < -0.4 is 15.4 Å². The first-order valence-corrected chi connectivity index (χ1v) is 8.04. The summed E-state index contributed by atoms with van der Waals surface area (Å²) < 4.78 is 5.06. The number of benzene rings is 1. The van der Waals surface area contributed by atoms with Gasteiger partial charge >= 0.3 is 0 Å². The van der Waals surface area contributed by atoms with E-state index in [1.807, 2.05) is 17.5 Å². The molecule has 0 aliphatic heterocycles. The lowest BCUT2D eigenvalue weighted by molar-refractivity contribution is -0.111. The molecule has 4 N–H and O–H groups in total. The van der Waals surface area contributed by atoms with Gasteiger partial charge in [-0.15, -0.1) is 11.3 Å². The van der Waals surface area contributed by atoms with Crippen LogP contribution in [0.3, 0.4) is 0 Å². The molecule has 1 amide bonds. The number of rotatable bonds is 9. The monoisotopic (exact) mass is 336 g/mol. The average molecular weight is 336 g/mol. The maximum Gasteiger partial charge on any atom is 0.207 e. The first kappa shape index (κ1) is 17.3. The van der Waals surface area contributed by atoms with Crippen LogP contribution in [0.4, 0.5) is 0 Å². The molecule has 0 aliphatic carbocycles. The average Bonchev–Trinajstić information content (AvgIpc) is 3.08. The number of aromatic hydroxyl groups is 1. The summed E-state index contributed by atoms with van der Waals surface area (Å²) in [6.07, 6.45) is 0.337. The molecule has 0 fully saturated rings. The van der Waals surface area contributed by atoms with Gasteiger partial charge in [-0.25, -0.2) is 0 Å². The second-order valence-electron chi connectivity index (χ2n) is 4.93. The zero-order valence-electron chi connectivity index (χ0n) is 12.7. The number of aliphatic hydroxyl groups is 1. The van der Waals surface area contributed by atoms with Crippen molar-refractivity contribution in [1.29, 1.82) is 0 Å². The molecule has 2 rings (SSSR count). The van der Waals surface area contributed by atoms with E-state index in [9.17, 15) is 15.0 Å². The molecule has 2 atom stereocenters. The smallest absolute Gasteiger partial charge is 0.207 e. The molecule has 124 valence electrons. The van der Waals surface area contributed by atoms with E-state index >= 15 is 0 Å². The molecule has 0 radical (unpaired) electrons. The fraction of sp³-hybridized carbons (Fsp3) is 0.312. The van der Waals surface area contributed by atoms with Gasteiger partial charge in [-0.05, 0) is 35.6 Å². The first-order valence-electron chi connectivity index (χ1n) is 7.16. The van der Waals surface area contributed by atoms with Gasteiger partial charge in [-0.1, -0.05) is 12.1 Å². The van der Waals surface area contributed by atoms with E-state index in [1.54, 1.807) is 18.2 Å². The predicted molar refractivity (Wildman–Crippen MR) is 88.6 cm³/mol. The maximum atomic E-state index is 10.7. The lowest BCUT2D eigenvalue weighted by Gasteiger charge is -2.22. The molecular weight excluding hydrogens is 316 g/mol. The second-order valence-corrected chi connectivity index (χ2v) is 5.91. The molecule has 0 bridgehead atoms. The van der Waals surface area contributed by atoms with Crippen molar-refractivity contribution >= 4 is 17.7 Å². The Morgan fingerprint density at radius 1 is 1.39 bits per heavy atom. The largest absolute Gasteiger partial charge is 0.504 e. The minimum Gasteiger partial charge on any atom is -0.504 e. The van der Waals surface area contributed by atoms with E-state index in [0.717, 1.165) is 10.4 Å². The molecule has 1 heterocycles. The van der Waals surface area contributed by atoms with Crippen molar-refractivity contribution in [3.8, 4) is 11.5 Å². The molecule has 6 nitrogen and oxygen atoms in total. The molecule has 0 spiro atoms. The number of phenolic OH excluding ortho intramolecular Hbond substituents is 1. The Balaban J connectivity index is 1.90. The summed E-state index contributed by atoms with van der Waals surface area (Å²) in [5.41, 5.74) is 0.968. The zero-order valence-corrected chi connectivity index (χ0v) is 13.5. The van der Waals surface area contributed by atoms with Crippen LogP contribution in [0.1, 0.15) is 16.5 Å². The van der Waals surface area contributed by atoms with E-state index < -0.39 is 12.3 Å². The van der Waals surface area contributed by atoms with E-state index in [-0.39, 0.29) is 5.75 Å². The fourth-order valence-electron chi connectivity index (χ4n) is 2.23. The van der Waals surface area contributed by atoms with Crippen molar-refractivity contribution in [3.63, 3.8) is 0 Å². The summed E-state index contributed by atoms with van der Waals surface area (Å²) in [5, 5.41) is 27.3. The first-order chi connectivity index (χ1) is 11.2. The van der Waals surface area contributed by atoms with Gasteiger partial charge in [0.25, 0.3) is 0 Å². The van der Waals surface area contributed by atoms with Crippen molar-refractivity contribution in [2.75, 3.05) is 13.7 Å². The molecule has 0 saturated carbocycles. The number of ether oxygens (including phenoxy) is 1. The van der Waals surface area contributed by atoms with E-state index in [0.29, 0.717) is 25.1 Å². The maximum absolute atomic E-state index is 10.7. The van der Waals surface area contributed by atoms with Crippen LogP contribution in [-0.2, 0) is 11.2 Å². The van der Waals surface area contributed by atoms with Gasteiger partial charge < -0.3 is 20.3 Å². The summed E-state index contributed by atoms with van der Waals surface area (Å²) in [6, 6.07) is 8.38. The summed E-state index contributed by atoms with van der Waals surface area (Å²) >= 11 is 1.47. The van der Waals surface area contributed by atoms with E-state index in [1.165, 1.54) is 18.4 Å². The Bertz CT molecular complexity index is 619. The van der Waals surface area contributed by atoms with Crippen molar-refractivity contribution in [1.82, 2.24) is 10.6 Å². The molecular formula is C16H20N2O4S. The molecule has 2 unspecified atom stereocenters. The fourth-order valence-corrected chi connectivity index (χ4v) is 3.05. The van der Waals surface area contributed by atoms with Gasteiger partial charge in [0, 0.05) is 11.4 Å². The third kappa shape index (κ3) is 4.69. The Morgan fingerprint density at radius 3 is 2.87 bits per heavy atom. The third-order valence-corrected chi connectivity index (χ3v) is 4.38. The highest BCUT2D eigenvalue weighted by molar-refractivity contribution is 7.10. The zero-order chi connectivity index (χ0) is 16.7. The molecule has 2 aromatic rings. The van der Waals surface area contributed by atoms with E-state index in [2.05, 4.69) is 10.6 Å². The van der Waals surface area contributed by atoms with Gasteiger partial charge in [0.2, 0.25) is 6.41 Å². The summed E-state index contributed by atoms with van der Waals surface area (Å²) in [5.74, 6) is 0.513. The van der Waals surface area contributed by atoms with Gasteiger partial charge in [-0.3, -0.25) is 10.1 Å². The lowest BCUT2D eigenvalue weighted by atomic mass is 10.1. The second kappa shape index (κ2) is 8.52. The van der Waals surface area contributed by atoms with Gasteiger partial charge in [0.1, 0.15) is 12.3 Å². The van der Waals surface area contributed by atoms with Gasteiger partial charge in [0.05, 0.1) is 7.11 Å². The number of hydrogen-bond donors (Lipinski definition) is 4. The molecule has 0 saturated heterocycles.